The van der Waals surface area contributed by atoms with Crippen LogP contribution in [-0.2, 0) is 17.9 Å². The maximum Gasteiger partial charge on any atom is 0.141 e. The van der Waals surface area contributed by atoms with E-state index in [4.69, 9.17) is 4.74 Å². The molecule has 20 heavy (non-hydrogen) atoms. The molecule has 3 N–H and O–H groups in total. The molecule has 0 aromatic carbocycles. The minimum absolute atomic E-state index is 0.109. The van der Waals surface area contributed by atoms with Gasteiger partial charge in [0.15, 0.2) is 0 Å². The third-order valence-electron chi connectivity index (χ3n) is 4.06. The summed E-state index contributed by atoms with van der Waals surface area (Å²) in [5.74, 6) is 0.710. The Morgan fingerprint density at radius 2 is 2.30 bits per heavy atom. The summed E-state index contributed by atoms with van der Waals surface area (Å²) < 4.78 is 5.67. The van der Waals surface area contributed by atoms with Crippen molar-refractivity contribution in [3.8, 4) is 5.75 Å². The van der Waals surface area contributed by atoms with Crippen LogP contribution in [0.2, 0.25) is 0 Å². The topological polar surface area (TPSA) is 74.6 Å². The second-order valence-corrected chi connectivity index (χ2v) is 5.35. The molecule has 5 heteroatoms. The molecule has 1 fully saturated rings. The van der Waals surface area contributed by atoms with E-state index in [9.17, 15) is 10.2 Å². The molecule has 1 aliphatic heterocycles. The Balaban J connectivity index is 1.95. The van der Waals surface area contributed by atoms with Crippen LogP contribution in [0.15, 0.2) is 6.20 Å². The molecule has 1 aliphatic rings. The van der Waals surface area contributed by atoms with E-state index in [1.165, 1.54) is 0 Å². The molecule has 2 atom stereocenters. The number of aromatic hydroxyl groups is 1. The van der Waals surface area contributed by atoms with Gasteiger partial charge in [-0.3, -0.25) is 4.98 Å². The first-order valence-corrected chi connectivity index (χ1v) is 7.26. The molecule has 0 radical (unpaired) electrons. The van der Waals surface area contributed by atoms with Crippen LogP contribution < -0.4 is 5.32 Å². The summed E-state index contributed by atoms with van der Waals surface area (Å²) >= 11 is 0. The Morgan fingerprint density at radius 3 is 3.00 bits per heavy atom. The third-order valence-corrected chi connectivity index (χ3v) is 4.06. The summed E-state index contributed by atoms with van der Waals surface area (Å²) in [5, 5.41) is 22.8. The Labute approximate surface area is 120 Å². The lowest BCUT2D eigenvalue weighted by molar-refractivity contribution is 0.0872. The normalized spacial score (nSPS) is 22.4. The molecule has 1 saturated heterocycles. The highest BCUT2D eigenvalue weighted by atomic mass is 16.5. The van der Waals surface area contributed by atoms with Crippen LogP contribution >= 0.6 is 0 Å². The Hall–Kier alpha value is -1.17. The van der Waals surface area contributed by atoms with Crippen molar-refractivity contribution < 1.29 is 14.9 Å². The molecule has 0 bridgehead atoms. The molecule has 0 amide bonds. The fourth-order valence-electron chi connectivity index (χ4n) is 2.78. The van der Waals surface area contributed by atoms with Crippen molar-refractivity contribution in [2.75, 3.05) is 13.2 Å². The van der Waals surface area contributed by atoms with Crippen molar-refractivity contribution in [1.82, 2.24) is 10.3 Å². The quantitative estimate of drug-likeness (QED) is 0.736. The molecule has 112 valence electrons. The molecule has 0 aliphatic carbocycles. The molecule has 2 unspecified atom stereocenters. The summed E-state index contributed by atoms with van der Waals surface area (Å²) in [6, 6.07) is 0. The van der Waals surface area contributed by atoms with Gasteiger partial charge in [0.05, 0.1) is 18.4 Å². The zero-order chi connectivity index (χ0) is 14.5. The minimum Gasteiger partial charge on any atom is -0.506 e. The van der Waals surface area contributed by atoms with Crippen molar-refractivity contribution in [1.29, 1.82) is 0 Å². The van der Waals surface area contributed by atoms with Crippen LogP contribution in [0.1, 0.15) is 36.6 Å². The van der Waals surface area contributed by atoms with Crippen molar-refractivity contribution >= 4 is 0 Å². The zero-order valence-corrected chi connectivity index (χ0v) is 12.2. The summed E-state index contributed by atoms with van der Waals surface area (Å²) in [6.07, 6.45) is 4.08. The van der Waals surface area contributed by atoms with Crippen LogP contribution in [0.5, 0.6) is 5.75 Å². The number of aliphatic hydroxyl groups is 1. The van der Waals surface area contributed by atoms with E-state index in [-0.39, 0.29) is 12.4 Å². The highest BCUT2D eigenvalue weighted by molar-refractivity contribution is 5.40. The van der Waals surface area contributed by atoms with Crippen LogP contribution in [0.3, 0.4) is 0 Å². The van der Waals surface area contributed by atoms with E-state index in [2.05, 4.69) is 17.2 Å². The molecule has 2 heterocycles. The van der Waals surface area contributed by atoms with Crippen molar-refractivity contribution in [3.63, 3.8) is 0 Å². The number of aliphatic hydroxyl groups excluding tert-OH is 1. The summed E-state index contributed by atoms with van der Waals surface area (Å²) in [4.78, 5) is 4.06. The maximum absolute atomic E-state index is 10.1. The molecular weight excluding hydrogens is 256 g/mol. The number of ether oxygens (including phenoxy) is 1. The largest absolute Gasteiger partial charge is 0.506 e. The van der Waals surface area contributed by atoms with Crippen molar-refractivity contribution in [2.45, 2.75) is 45.9 Å². The van der Waals surface area contributed by atoms with Crippen LogP contribution in [0.4, 0.5) is 0 Å². The van der Waals surface area contributed by atoms with E-state index < -0.39 is 0 Å². The van der Waals surface area contributed by atoms with Crippen LogP contribution in [-0.4, -0.2) is 34.5 Å². The zero-order valence-electron chi connectivity index (χ0n) is 12.2. The number of rotatable bonds is 6. The summed E-state index contributed by atoms with van der Waals surface area (Å²) in [7, 11) is 0. The smallest absolute Gasteiger partial charge is 0.141 e. The third kappa shape index (κ3) is 3.29. The van der Waals surface area contributed by atoms with Gasteiger partial charge in [-0.15, -0.1) is 0 Å². The number of hydrogen-bond donors (Lipinski definition) is 3. The lowest BCUT2D eigenvalue weighted by atomic mass is 9.99. The molecule has 5 nitrogen and oxygen atoms in total. The van der Waals surface area contributed by atoms with Gasteiger partial charge in [0.1, 0.15) is 5.75 Å². The maximum atomic E-state index is 10.1. The lowest BCUT2D eigenvalue weighted by Crippen LogP contribution is -2.28. The Bertz CT molecular complexity index is 451. The number of nitrogens with zero attached hydrogens (tertiary/aromatic N) is 1. The van der Waals surface area contributed by atoms with E-state index in [0.717, 1.165) is 31.6 Å². The van der Waals surface area contributed by atoms with Crippen molar-refractivity contribution in [2.24, 2.45) is 5.92 Å². The number of hydrogen-bond acceptors (Lipinski definition) is 5. The van der Waals surface area contributed by atoms with E-state index in [1.54, 1.807) is 13.1 Å². The highest BCUT2D eigenvalue weighted by Gasteiger charge is 2.26. The standard InChI is InChI=1S/C15H24N2O3/c1-3-14-11(4-5-20-14)6-16-8-13-12(9-18)7-17-10(2)15(13)19/h7,11,14,16,18-19H,3-6,8-9H2,1-2H3. The average molecular weight is 280 g/mol. The van der Waals surface area contributed by atoms with Gasteiger partial charge < -0.3 is 20.3 Å². The van der Waals surface area contributed by atoms with Gasteiger partial charge in [0.25, 0.3) is 0 Å². The van der Waals surface area contributed by atoms with Gasteiger partial charge in [-0.1, -0.05) is 6.92 Å². The van der Waals surface area contributed by atoms with E-state index >= 15 is 0 Å². The predicted octanol–water partition coefficient (Wildman–Crippen LogP) is 1.49. The second kappa shape index (κ2) is 7.02. The second-order valence-electron chi connectivity index (χ2n) is 5.35. The molecule has 0 saturated carbocycles. The fraction of sp³-hybridized carbons (Fsp3) is 0.667. The van der Waals surface area contributed by atoms with E-state index in [1.807, 2.05) is 0 Å². The lowest BCUT2D eigenvalue weighted by Gasteiger charge is -2.18. The number of aryl methyl sites for hydroxylation is 1. The molecule has 1 aromatic rings. The monoisotopic (exact) mass is 280 g/mol. The number of aromatic nitrogens is 1. The first-order chi connectivity index (χ1) is 9.67. The van der Waals surface area contributed by atoms with E-state index in [0.29, 0.717) is 29.8 Å². The molecule has 0 spiro atoms. The van der Waals surface area contributed by atoms with Crippen LogP contribution in [0, 0.1) is 12.8 Å². The van der Waals surface area contributed by atoms with Gasteiger partial charge in [-0.2, -0.15) is 0 Å². The molecule has 1 aromatic heterocycles. The minimum atomic E-state index is -0.109. The average Bonchev–Trinajstić information content (AvgIpc) is 2.91. The van der Waals surface area contributed by atoms with Gasteiger partial charge in [0, 0.05) is 37.0 Å². The summed E-state index contributed by atoms with van der Waals surface area (Å²) in [5.41, 5.74) is 2.01. The Morgan fingerprint density at radius 1 is 1.50 bits per heavy atom. The number of nitrogens with one attached hydrogen (secondary N) is 1. The first-order valence-electron chi connectivity index (χ1n) is 7.26. The van der Waals surface area contributed by atoms with Gasteiger partial charge in [0.2, 0.25) is 0 Å². The van der Waals surface area contributed by atoms with Gasteiger partial charge >= 0.3 is 0 Å². The number of pyridine rings is 1. The van der Waals surface area contributed by atoms with Gasteiger partial charge in [-0.05, 0) is 25.7 Å². The first kappa shape index (κ1) is 15.2. The van der Waals surface area contributed by atoms with Gasteiger partial charge in [-0.25, -0.2) is 0 Å². The van der Waals surface area contributed by atoms with Crippen LogP contribution in [0.25, 0.3) is 0 Å². The Kier molecular flexibility index (Phi) is 5.34. The molecular formula is C15H24N2O3. The van der Waals surface area contributed by atoms with Crippen molar-refractivity contribution in [3.05, 3.63) is 23.0 Å². The highest BCUT2D eigenvalue weighted by Crippen LogP contribution is 2.25. The summed E-state index contributed by atoms with van der Waals surface area (Å²) in [6.45, 7) is 6.04. The molecule has 2 rings (SSSR count). The fourth-order valence-corrected chi connectivity index (χ4v) is 2.78. The SMILES string of the molecule is CCC1OCCC1CNCc1c(CO)cnc(C)c1O. The predicted molar refractivity (Wildman–Crippen MR) is 76.4 cm³/mol.